The van der Waals surface area contributed by atoms with Crippen LogP contribution in [0.4, 0.5) is 0 Å². The van der Waals surface area contributed by atoms with Crippen molar-refractivity contribution >= 4 is 46.4 Å². The van der Waals surface area contributed by atoms with Crippen LogP contribution in [0.5, 0.6) is 0 Å². The number of hydrogen-bond acceptors (Lipinski definition) is 4. The summed E-state index contributed by atoms with van der Waals surface area (Å²) in [6.07, 6.45) is 0. The van der Waals surface area contributed by atoms with Gasteiger partial charge in [0, 0.05) is 21.3 Å². The Morgan fingerprint density at radius 2 is 1.24 bits per heavy atom. The number of halogens is 4. The number of fused-ring (bicyclic) bond motifs is 5. The minimum absolute atomic E-state index is 0.141. The Labute approximate surface area is 138 Å². The minimum atomic E-state index is -1.89. The van der Waals surface area contributed by atoms with Crippen LogP contribution in [0.3, 0.4) is 0 Å². The molecule has 11 heteroatoms. The molecule has 2 atom stereocenters. The van der Waals surface area contributed by atoms with E-state index in [0.29, 0.717) is 0 Å². The van der Waals surface area contributed by atoms with Crippen LogP contribution in [0.25, 0.3) is 0 Å². The van der Waals surface area contributed by atoms with Crippen LogP contribution in [-0.4, -0.2) is 33.9 Å². The summed E-state index contributed by atoms with van der Waals surface area (Å²) in [5, 5.41) is -0.283. The lowest BCUT2D eigenvalue weighted by Crippen LogP contribution is -2.57. The zero-order valence-corrected chi connectivity index (χ0v) is 14.0. The molecule has 0 spiro atoms. The third-order valence-corrected chi connectivity index (χ3v) is 6.35. The van der Waals surface area contributed by atoms with Gasteiger partial charge in [0.25, 0.3) is 5.79 Å². The highest BCUT2D eigenvalue weighted by atomic mass is 35.5. The van der Waals surface area contributed by atoms with Crippen LogP contribution in [0.1, 0.15) is 0 Å². The quantitative estimate of drug-likeness (QED) is 0.566. The summed E-state index contributed by atoms with van der Waals surface area (Å²) < 4.78 is 13.3. The van der Waals surface area contributed by atoms with Gasteiger partial charge in [0.05, 0.1) is 10.1 Å². The van der Waals surface area contributed by atoms with E-state index in [1.165, 1.54) is 21.3 Å². The Morgan fingerprint density at radius 1 is 0.905 bits per heavy atom. The second-order valence-corrected chi connectivity index (χ2v) is 6.49. The predicted octanol–water partition coefficient (Wildman–Crippen LogP) is 0.837. The molecule has 21 heavy (non-hydrogen) atoms. The summed E-state index contributed by atoms with van der Waals surface area (Å²) in [6, 6.07) is 0. The monoisotopic (exact) mass is 375 g/mol. The highest BCUT2D eigenvalue weighted by molar-refractivity contribution is 6.50. The Bertz CT molecular complexity index is 745. The molecule has 7 nitrogen and oxygen atoms in total. The molecule has 0 amide bonds. The smallest absolute Gasteiger partial charge is 0.347 e. The maximum atomic E-state index is 12.3. The minimum Gasteiger partial charge on any atom is -0.347 e. The zero-order valence-electron chi connectivity index (χ0n) is 11.0. The van der Waals surface area contributed by atoms with Gasteiger partial charge in [-0.25, -0.2) is 14.2 Å². The third-order valence-electron chi connectivity index (χ3n) is 3.94. The van der Waals surface area contributed by atoms with E-state index in [0.717, 1.165) is 13.9 Å². The molecule has 3 rings (SSSR count). The van der Waals surface area contributed by atoms with Crippen molar-refractivity contribution in [2.45, 2.75) is 15.8 Å². The van der Waals surface area contributed by atoms with Crippen molar-refractivity contribution in [3.05, 3.63) is 31.0 Å². The lowest BCUT2D eigenvalue weighted by atomic mass is 10.1. The van der Waals surface area contributed by atoms with E-state index >= 15 is 0 Å². The van der Waals surface area contributed by atoms with Gasteiger partial charge in [-0.3, -0.25) is 0 Å². The van der Waals surface area contributed by atoms with Crippen molar-refractivity contribution in [2.24, 2.45) is 7.05 Å². The van der Waals surface area contributed by atoms with Crippen LogP contribution in [0, 0.1) is 0 Å². The first-order valence-electron chi connectivity index (χ1n) is 5.63. The van der Waals surface area contributed by atoms with E-state index in [9.17, 15) is 9.59 Å². The molecule has 1 aliphatic heterocycles. The molecule has 2 aliphatic rings. The van der Waals surface area contributed by atoms with Crippen molar-refractivity contribution in [2.75, 3.05) is 14.2 Å². The second kappa shape index (κ2) is 4.10. The molecule has 0 unspecified atom stereocenters. The maximum absolute atomic E-state index is 12.3. The topological polar surface area (TPSA) is 67.4 Å². The summed E-state index contributed by atoms with van der Waals surface area (Å²) >= 11 is 25.5. The third kappa shape index (κ3) is 1.18. The molecule has 2 bridgehead atoms. The summed E-state index contributed by atoms with van der Waals surface area (Å²) in [7, 11) is 3.81. The van der Waals surface area contributed by atoms with Crippen molar-refractivity contribution in [3.8, 4) is 0 Å². The highest BCUT2D eigenvalue weighted by Crippen LogP contribution is 2.68. The van der Waals surface area contributed by atoms with Crippen LogP contribution < -0.4 is 11.4 Å². The lowest BCUT2D eigenvalue weighted by molar-refractivity contribution is -0.240. The van der Waals surface area contributed by atoms with Gasteiger partial charge < -0.3 is 9.47 Å². The number of alkyl halides is 2. The van der Waals surface area contributed by atoms with E-state index in [1.807, 2.05) is 0 Å². The van der Waals surface area contributed by atoms with Crippen molar-refractivity contribution in [1.82, 2.24) is 13.9 Å². The van der Waals surface area contributed by atoms with Gasteiger partial charge in [-0.1, -0.05) is 46.4 Å². The number of hydrogen-bond donors (Lipinski definition) is 0. The fourth-order valence-corrected chi connectivity index (χ4v) is 4.86. The summed E-state index contributed by atoms with van der Waals surface area (Å²) in [4.78, 5) is 20.8. The van der Waals surface area contributed by atoms with Gasteiger partial charge in [0.1, 0.15) is 0 Å². The summed E-state index contributed by atoms with van der Waals surface area (Å²) in [6.45, 7) is 0. The van der Waals surface area contributed by atoms with Crippen LogP contribution >= 0.6 is 46.4 Å². The van der Waals surface area contributed by atoms with Gasteiger partial charge in [-0.2, -0.15) is 9.36 Å². The van der Waals surface area contributed by atoms with Crippen LogP contribution in [0.2, 0.25) is 0 Å². The Hall–Kier alpha value is -0.440. The predicted molar refractivity (Wildman–Crippen MR) is 77.1 cm³/mol. The van der Waals surface area contributed by atoms with Crippen LogP contribution in [-0.2, 0) is 26.5 Å². The Kier molecular flexibility index (Phi) is 3.01. The summed E-state index contributed by atoms with van der Waals surface area (Å²) in [5.41, 5.74) is -1.45. The first-order valence-corrected chi connectivity index (χ1v) is 7.14. The molecule has 0 radical (unpaired) electrons. The standard InChI is InChI=1S/C10H9Cl4N3O4/c1-15-6(18)16-8(13)4(11)5(12)9(14,17(16)7(15)19)10(8,20-2)21-3/h1-3H3/t8-,9-/m1/s1. The highest BCUT2D eigenvalue weighted by Gasteiger charge is 2.82. The van der Waals surface area contributed by atoms with Gasteiger partial charge in [0.15, 0.2) is 0 Å². The SMILES string of the molecule is COC1(OC)[C@@]2(Cl)C(Cl)=C(Cl)[C@@]1(Cl)n1c(=O)n(C)c(=O)n12. The number of rotatable bonds is 2. The molecule has 0 N–H and O–H groups in total. The maximum Gasteiger partial charge on any atom is 0.349 e. The normalized spacial score (nSPS) is 32.9. The first kappa shape index (κ1) is 15.5. The van der Waals surface area contributed by atoms with E-state index in [2.05, 4.69) is 0 Å². The van der Waals surface area contributed by atoms with Crippen molar-refractivity contribution in [1.29, 1.82) is 0 Å². The second-order valence-electron chi connectivity index (χ2n) is 4.64. The fourth-order valence-electron chi connectivity index (χ4n) is 2.96. The number of nitrogens with zero attached hydrogens (tertiary/aromatic N) is 3. The van der Waals surface area contributed by atoms with E-state index in [4.69, 9.17) is 55.9 Å². The van der Waals surface area contributed by atoms with E-state index in [1.54, 1.807) is 0 Å². The molecule has 0 fully saturated rings. The van der Waals surface area contributed by atoms with Gasteiger partial charge in [-0.05, 0) is 0 Å². The number of methoxy groups -OCH3 is 2. The fraction of sp³-hybridized carbons (Fsp3) is 0.600. The number of ether oxygens (including phenoxy) is 2. The average molecular weight is 377 g/mol. The van der Waals surface area contributed by atoms with Gasteiger partial charge in [0.2, 0.25) is 10.00 Å². The average Bonchev–Trinajstić information content (AvgIpc) is 2.85. The molecule has 0 saturated carbocycles. The molecular weight excluding hydrogens is 368 g/mol. The number of aromatic nitrogens is 3. The van der Waals surface area contributed by atoms with Crippen LogP contribution in [0.15, 0.2) is 19.7 Å². The molecular formula is C10H9Cl4N3O4. The zero-order chi connectivity index (χ0) is 16.0. The van der Waals surface area contributed by atoms with Crippen molar-refractivity contribution < 1.29 is 9.47 Å². The molecule has 0 saturated heterocycles. The molecule has 1 aromatic rings. The summed E-state index contributed by atoms with van der Waals surface area (Å²) in [5.74, 6) is -1.86. The largest absolute Gasteiger partial charge is 0.349 e. The molecule has 0 aromatic carbocycles. The first-order chi connectivity index (χ1) is 9.66. The van der Waals surface area contributed by atoms with Gasteiger partial charge >= 0.3 is 11.4 Å². The molecule has 1 aliphatic carbocycles. The van der Waals surface area contributed by atoms with E-state index in [-0.39, 0.29) is 10.1 Å². The lowest BCUT2D eigenvalue weighted by Gasteiger charge is -2.38. The van der Waals surface area contributed by atoms with E-state index < -0.39 is 27.2 Å². The molecule has 116 valence electrons. The Morgan fingerprint density at radius 3 is 1.52 bits per heavy atom. The molecule has 2 heterocycles. The molecule has 1 aromatic heterocycles. The van der Waals surface area contributed by atoms with Gasteiger partial charge in [-0.15, -0.1) is 0 Å². The Balaban J connectivity index is 2.59. The van der Waals surface area contributed by atoms with Crippen molar-refractivity contribution in [3.63, 3.8) is 0 Å².